The van der Waals surface area contributed by atoms with Crippen LogP contribution in [0.25, 0.3) is 0 Å². The molecule has 1 heterocycles. The average molecular weight is 372 g/mol. The van der Waals surface area contributed by atoms with Crippen LogP contribution in [0.1, 0.15) is 6.92 Å². The number of carbonyl (C=O) groups is 2. The monoisotopic (exact) mass is 371 g/mol. The molecule has 6 heteroatoms. The van der Waals surface area contributed by atoms with Crippen molar-refractivity contribution in [1.82, 2.24) is 4.90 Å². The highest BCUT2D eigenvalue weighted by Gasteiger charge is 2.29. The maximum atomic E-state index is 12.7. The number of piperazine rings is 1. The maximum Gasteiger partial charge on any atom is 0.316 e. The zero-order valence-electron chi connectivity index (χ0n) is 14.8. The highest BCUT2D eigenvalue weighted by molar-refractivity contribution is 6.40. The number of likely N-dealkylation sites (N-methyl/N-ethyl adjacent to an activating group) is 1. The van der Waals surface area contributed by atoms with E-state index in [1.165, 1.54) is 4.90 Å². The number of hydrogen-bond donors (Lipinski definition) is 0. The van der Waals surface area contributed by atoms with Crippen LogP contribution in [0.5, 0.6) is 0 Å². The van der Waals surface area contributed by atoms with E-state index in [0.717, 1.165) is 11.4 Å². The van der Waals surface area contributed by atoms with Crippen LogP contribution in [0.4, 0.5) is 11.4 Å². The molecule has 0 bridgehead atoms. The quantitative estimate of drug-likeness (QED) is 0.779. The topological polar surface area (TPSA) is 43.9 Å². The number of amides is 2. The van der Waals surface area contributed by atoms with Gasteiger partial charge in [-0.2, -0.15) is 0 Å². The summed E-state index contributed by atoms with van der Waals surface area (Å²) in [6, 6.07) is 17.0. The Bertz CT molecular complexity index is 774. The van der Waals surface area contributed by atoms with Gasteiger partial charge in [0.2, 0.25) is 0 Å². The van der Waals surface area contributed by atoms with Crippen molar-refractivity contribution in [3.05, 3.63) is 59.6 Å². The lowest BCUT2D eigenvalue weighted by atomic mass is 10.2. The van der Waals surface area contributed by atoms with Gasteiger partial charge in [0.25, 0.3) is 0 Å². The van der Waals surface area contributed by atoms with Gasteiger partial charge in [0.05, 0.1) is 0 Å². The van der Waals surface area contributed by atoms with Crippen LogP contribution >= 0.6 is 11.6 Å². The van der Waals surface area contributed by atoms with Crippen LogP contribution < -0.4 is 9.80 Å². The molecule has 0 spiro atoms. The smallest absolute Gasteiger partial charge is 0.316 e. The van der Waals surface area contributed by atoms with Crippen LogP contribution in [-0.4, -0.2) is 49.4 Å². The normalized spacial score (nSPS) is 14.2. The first-order valence-electron chi connectivity index (χ1n) is 8.76. The summed E-state index contributed by atoms with van der Waals surface area (Å²) in [4.78, 5) is 30.7. The van der Waals surface area contributed by atoms with Crippen molar-refractivity contribution in [1.29, 1.82) is 0 Å². The standard InChI is InChI=1S/C20H22ClN3O2/c1-2-24(17-8-4-3-5-9-17)20(26)19(25)23-13-11-22(12-14-23)18-10-6-7-16(21)15-18/h3-10,15H,2,11-14H2,1H3. The van der Waals surface area contributed by atoms with Gasteiger partial charge in [0, 0.05) is 49.1 Å². The first kappa shape index (κ1) is 18.3. The molecule has 0 atom stereocenters. The summed E-state index contributed by atoms with van der Waals surface area (Å²) in [5.41, 5.74) is 1.78. The first-order valence-corrected chi connectivity index (χ1v) is 9.14. The van der Waals surface area contributed by atoms with Crippen LogP contribution in [0.15, 0.2) is 54.6 Å². The van der Waals surface area contributed by atoms with E-state index in [2.05, 4.69) is 4.90 Å². The molecule has 26 heavy (non-hydrogen) atoms. The van der Waals surface area contributed by atoms with E-state index in [1.807, 2.05) is 61.5 Å². The molecule has 0 radical (unpaired) electrons. The predicted octanol–water partition coefficient (Wildman–Crippen LogP) is 3.04. The second kappa shape index (κ2) is 8.23. The van der Waals surface area contributed by atoms with Gasteiger partial charge in [-0.05, 0) is 37.3 Å². The number of benzene rings is 2. The minimum absolute atomic E-state index is 0.443. The summed E-state index contributed by atoms with van der Waals surface area (Å²) in [6.07, 6.45) is 0. The molecule has 1 aliphatic rings. The van der Waals surface area contributed by atoms with Crippen molar-refractivity contribution in [2.24, 2.45) is 0 Å². The summed E-state index contributed by atoms with van der Waals surface area (Å²) >= 11 is 6.05. The Kier molecular flexibility index (Phi) is 5.78. The lowest BCUT2D eigenvalue weighted by Gasteiger charge is -2.36. The third kappa shape index (κ3) is 3.99. The Labute approximate surface area is 158 Å². The third-order valence-corrected chi connectivity index (χ3v) is 4.79. The second-order valence-electron chi connectivity index (χ2n) is 6.14. The molecule has 3 rings (SSSR count). The Balaban J connectivity index is 1.63. The summed E-state index contributed by atoms with van der Waals surface area (Å²) in [6.45, 7) is 4.72. The number of para-hydroxylation sites is 1. The van der Waals surface area contributed by atoms with Crippen molar-refractivity contribution in [2.45, 2.75) is 6.92 Å². The fourth-order valence-corrected chi connectivity index (χ4v) is 3.33. The van der Waals surface area contributed by atoms with E-state index in [9.17, 15) is 9.59 Å². The van der Waals surface area contributed by atoms with Gasteiger partial charge in [-0.1, -0.05) is 35.9 Å². The van der Waals surface area contributed by atoms with Gasteiger partial charge in [-0.25, -0.2) is 0 Å². The maximum absolute atomic E-state index is 12.7. The number of nitrogens with zero attached hydrogens (tertiary/aromatic N) is 3. The van der Waals surface area contributed by atoms with E-state index in [4.69, 9.17) is 11.6 Å². The molecule has 0 aromatic heterocycles. The van der Waals surface area contributed by atoms with E-state index in [1.54, 1.807) is 4.90 Å². The van der Waals surface area contributed by atoms with Gasteiger partial charge < -0.3 is 14.7 Å². The molecule has 0 saturated carbocycles. The first-order chi connectivity index (χ1) is 12.6. The zero-order chi connectivity index (χ0) is 18.5. The molecule has 2 aromatic carbocycles. The molecule has 1 fully saturated rings. The summed E-state index contributed by atoms with van der Waals surface area (Å²) in [7, 11) is 0. The summed E-state index contributed by atoms with van der Waals surface area (Å²) in [5, 5.41) is 0.692. The lowest BCUT2D eigenvalue weighted by Crippen LogP contribution is -2.53. The van der Waals surface area contributed by atoms with Gasteiger partial charge in [0.15, 0.2) is 0 Å². The van der Waals surface area contributed by atoms with E-state index in [0.29, 0.717) is 37.7 Å². The fourth-order valence-electron chi connectivity index (χ4n) is 3.14. The second-order valence-corrected chi connectivity index (χ2v) is 6.58. The van der Waals surface area contributed by atoms with Gasteiger partial charge >= 0.3 is 11.8 Å². The largest absolute Gasteiger partial charge is 0.368 e. The molecule has 2 amide bonds. The highest BCUT2D eigenvalue weighted by atomic mass is 35.5. The summed E-state index contributed by atoms with van der Waals surface area (Å²) in [5.74, 6) is -0.920. The molecule has 0 unspecified atom stereocenters. The Morgan fingerprint density at radius 2 is 1.69 bits per heavy atom. The number of carbonyl (C=O) groups excluding carboxylic acids is 2. The van der Waals surface area contributed by atoms with Crippen molar-refractivity contribution in [3.8, 4) is 0 Å². The highest BCUT2D eigenvalue weighted by Crippen LogP contribution is 2.21. The molecule has 0 N–H and O–H groups in total. The summed E-state index contributed by atoms with van der Waals surface area (Å²) < 4.78 is 0. The minimum Gasteiger partial charge on any atom is -0.368 e. The van der Waals surface area contributed by atoms with Gasteiger partial charge in [-0.3, -0.25) is 9.59 Å². The number of anilines is 2. The Hall–Kier alpha value is -2.53. The Morgan fingerprint density at radius 1 is 1.00 bits per heavy atom. The van der Waals surface area contributed by atoms with Crippen molar-refractivity contribution < 1.29 is 9.59 Å². The zero-order valence-corrected chi connectivity index (χ0v) is 15.5. The van der Waals surface area contributed by atoms with Crippen molar-refractivity contribution in [3.63, 3.8) is 0 Å². The molecule has 1 saturated heterocycles. The van der Waals surface area contributed by atoms with Crippen LogP contribution in [0, 0.1) is 0 Å². The molecule has 1 aliphatic heterocycles. The van der Waals surface area contributed by atoms with Crippen LogP contribution in [0.2, 0.25) is 5.02 Å². The van der Waals surface area contributed by atoms with E-state index in [-0.39, 0.29) is 0 Å². The molecule has 136 valence electrons. The fraction of sp³-hybridized carbons (Fsp3) is 0.300. The van der Waals surface area contributed by atoms with Gasteiger partial charge in [0.1, 0.15) is 0 Å². The molecule has 0 aliphatic carbocycles. The third-order valence-electron chi connectivity index (χ3n) is 4.55. The van der Waals surface area contributed by atoms with E-state index >= 15 is 0 Å². The predicted molar refractivity (Wildman–Crippen MR) is 105 cm³/mol. The molecule has 2 aromatic rings. The molecular formula is C20H22ClN3O2. The minimum atomic E-state index is -0.477. The van der Waals surface area contributed by atoms with E-state index < -0.39 is 11.8 Å². The Morgan fingerprint density at radius 3 is 2.31 bits per heavy atom. The number of hydrogen-bond acceptors (Lipinski definition) is 3. The van der Waals surface area contributed by atoms with Crippen LogP contribution in [-0.2, 0) is 9.59 Å². The SMILES string of the molecule is CCN(C(=O)C(=O)N1CCN(c2cccc(Cl)c2)CC1)c1ccccc1. The van der Waals surface area contributed by atoms with Crippen LogP contribution in [0.3, 0.4) is 0 Å². The van der Waals surface area contributed by atoms with Crippen molar-refractivity contribution in [2.75, 3.05) is 42.5 Å². The number of rotatable bonds is 3. The lowest BCUT2D eigenvalue weighted by molar-refractivity contribution is -0.144. The average Bonchev–Trinajstić information content (AvgIpc) is 2.69. The number of halogens is 1. The van der Waals surface area contributed by atoms with Crippen molar-refractivity contribution >= 4 is 34.8 Å². The molecular weight excluding hydrogens is 350 g/mol. The molecule has 5 nitrogen and oxygen atoms in total. The van der Waals surface area contributed by atoms with Gasteiger partial charge in [-0.15, -0.1) is 0 Å².